The molecule has 2 nitrogen and oxygen atoms in total. The molecule has 0 spiro atoms. The Kier molecular flexibility index (Phi) is 4.90. The van der Waals surface area contributed by atoms with Crippen molar-refractivity contribution in [2.75, 3.05) is 13.2 Å². The lowest BCUT2D eigenvalue weighted by Gasteiger charge is -2.31. The van der Waals surface area contributed by atoms with Crippen LogP contribution in [-0.2, 0) is 4.74 Å². The molecule has 17 heavy (non-hydrogen) atoms. The van der Waals surface area contributed by atoms with Crippen molar-refractivity contribution in [2.24, 2.45) is 11.8 Å². The molecule has 3 unspecified atom stereocenters. The summed E-state index contributed by atoms with van der Waals surface area (Å²) in [6, 6.07) is 0.479. The zero-order valence-corrected chi connectivity index (χ0v) is 11.4. The maximum Gasteiger partial charge on any atom is 0.109 e. The van der Waals surface area contributed by atoms with E-state index in [2.05, 4.69) is 25.2 Å². The van der Waals surface area contributed by atoms with Gasteiger partial charge in [0, 0.05) is 0 Å². The number of hydrogen-bond donors (Lipinski definition) is 1. The summed E-state index contributed by atoms with van der Waals surface area (Å²) in [4.78, 5) is 0. The molecule has 2 heteroatoms. The van der Waals surface area contributed by atoms with Gasteiger partial charge in [-0.25, -0.2) is 0 Å². The van der Waals surface area contributed by atoms with E-state index in [-0.39, 0.29) is 0 Å². The minimum atomic E-state index is 0.479. The van der Waals surface area contributed by atoms with Gasteiger partial charge in [0.25, 0.3) is 0 Å². The summed E-state index contributed by atoms with van der Waals surface area (Å²) in [6.07, 6.45) is 10.0. The van der Waals surface area contributed by atoms with Gasteiger partial charge in [0.2, 0.25) is 0 Å². The molecule has 0 aromatic carbocycles. The molecule has 0 amide bonds. The molecule has 3 atom stereocenters. The van der Waals surface area contributed by atoms with E-state index in [4.69, 9.17) is 4.74 Å². The van der Waals surface area contributed by atoms with Gasteiger partial charge in [-0.3, -0.25) is 0 Å². The van der Waals surface area contributed by atoms with Crippen LogP contribution in [0.15, 0.2) is 11.8 Å². The smallest absolute Gasteiger partial charge is 0.109 e. The summed E-state index contributed by atoms with van der Waals surface area (Å²) in [5.41, 5.74) is 0. The van der Waals surface area contributed by atoms with Crippen LogP contribution in [0.1, 0.15) is 52.4 Å². The Labute approximate surface area is 106 Å². The highest BCUT2D eigenvalue weighted by atomic mass is 16.5. The number of hydrogen-bond acceptors (Lipinski definition) is 2. The molecule has 2 aliphatic rings. The van der Waals surface area contributed by atoms with Gasteiger partial charge in [-0.05, 0) is 50.1 Å². The second-order valence-corrected chi connectivity index (χ2v) is 5.60. The predicted octanol–water partition coefficient (Wildman–Crippen LogP) is 3.49. The summed E-state index contributed by atoms with van der Waals surface area (Å²) >= 11 is 0. The summed E-state index contributed by atoms with van der Waals surface area (Å²) in [6.45, 7) is 6.66. The highest BCUT2D eigenvalue weighted by Crippen LogP contribution is 2.36. The highest BCUT2D eigenvalue weighted by molar-refractivity contribution is 5.09. The van der Waals surface area contributed by atoms with Gasteiger partial charge in [-0.1, -0.05) is 26.7 Å². The third-order valence-electron chi connectivity index (χ3n) is 4.24. The number of ether oxygens (including phenoxy) is 1. The van der Waals surface area contributed by atoms with Gasteiger partial charge in [0.05, 0.1) is 12.6 Å². The van der Waals surface area contributed by atoms with Crippen molar-refractivity contribution in [1.29, 1.82) is 0 Å². The molecule has 1 N–H and O–H groups in total. The second-order valence-electron chi connectivity index (χ2n) is 5.60. The molecule has 0 aromatic rings. The van der Waals surface area contributed by atoms with Crippen molar-refractivity contribution >= 4 is 0 Å². The van der Waals surface area contributed by atoms with Crippen LogP contribution in [0.3, 0.4) is 0 Å². The lowest BCUT2D eigenvalue weighted by atomic mass is 9.88. The van der Waals surface area contributed by atoms with Crippen molar-refractivity contribution in [3.8, 4) is 0 Å². The summed E-state index contributed by atoms with van der Waals surface area (Å²) in [5, 5.41) is 3.72. The molecule has 1 fully saturated rings. The molecular weight excluding hydrogens is 210 g/mol. The van der Waals surface area contributed by atoms with Crippen LogP contribution in [0.25, 0.3) is 0 Å². The van der Waals surface area contributed by atoms with Crippen molar-refractivity contribution in [3.63, 3.8) is 0 Å². The van der Waals surface area contributed by atoms with Crippen LogP contribution in [0.2, 0.25) is 0 Å². The Morgan fingerprint density at radius 1 is 1.41 bits per heavy atom. The van der Waals surface area contributed by atoms with E-state index in [1.807, 2.05) is 0 Å². The first-order chi connectivity index (χ1) is 8.33. The fraction of sp³-hybridized carbons (Fsp3) is 0.867. The summed E-state index contributed by atoms with van der Waals surface area (Å²) in [7, 11) is 0. The molecule has 1 saturated carbocycles. The molecule has 2 rings (SSSR count). The van der Waals surface area contributed by atoms with E-state index in [9.17, 15) is 0 Å². The van der Waals surface area contributed by atoms with Crippen molar-refractivity contribution in [3.05, 3.63) is 11.8 Å². The van der Waals surface area contributed by atoms with Crippen LogP contribution < -0.4 is 5.32 Å². The molecule has 0 radical (unpaired) electrons. The van der Waals surface area contributed by atoms with Gasteiger partial charge in [-0.15, -0.1) is 0 Å². The Morgan fingerprint density at radius 2 is 2.29 bits per heavy atom. The zero-order valence-electron chi connectivity index (χ0n) is 11.4. The lowest BCUT2D eigenvalue weighted by Crippen LogP contribution is -2.40. The molecule has 0 bridgehead atoms. The Hall–Kier alpha value is -0.500. The third-order valence-corrected chi connectivity index (χ3v) is 4.24. The van der Waals surface area contributed by atoms with Gasteiger partial charge < -0.3 is 10.1 Å². The molecule has 1 aliphatic carbocycles. The molecule has 0 saturated heterocycles. The molecular formula is C15H27NO. The topological polar surface area (TPSA) is 21.3 Å². The first-order valence-electron chi connectivity index (χ1n) is 7.39. The fourth-order valence-corrected chi connectivity index (χ4v) is 3.23. The van der Waals surface area contributed by atoms with E-state index >= 15 is 0 Å². The minimum Gasteiger partial charge on any atom is -0.497 e. The lowest BCUT2D eigenvalue weighted by molar-refractivity contribution is 0.142. The summed E-state index contributed by atoms with van der Waals surface area (Å²) in [5.74, 6) is 2.87. The fourth-order valence-electron chi connectivity index (χ4n) is 3.23. The standard InChI is InChI=1S/C15H27NO/c1-3-10-16-15(13-8-6-7-12(13)2)14-9-4-5-11-17-14/h9,12-13,15-16H,3-8,10-11H2,1-2H3. The number of rotatable bonds is 5. The van der Waals surface area contributed by atoms with Crippen molar-refractivity contribution in [1.82, 2.24) is 5.32 Å². The van der Waals surface area contributed by atoms with Crippen LogP contribution in [0, 0.1) is 11.8 Å². The van der Waals surface area contributed by atoms with Crippen LogP contribution >= 0.6 is 0 Å². The first-order valence-corrected chi connectivity index (χ1v) is 7.39. The number of allylic oxidation sites excluding steroid dienone is 1. The van der Waals surface area contributed by atoms with Gasteiger partial charge in [-0.2, -0.15) is 0 Å². The Morgan fingerprint density at radius 3 is 2.88 bits per heavy atom. The van der Waals surface area contributed by atoms with Gasteiger partial charge in [0.15, 0.2) is 0 Å². The van der Waals surface area contributed by atoms with E-state index in [0.29, 0.717) is 6.04 Å². The Balaban J connectivity index is 2.03. The van der Waals surface area contributed by atoms with E-state index in [0.717, 1.165) is 25.0 Å². The van der Waals surface area contributed by atoms with Crippen molar-refractivity contribution < 1.29 is 4.74 Å². The monoisotopic (exact) mass is 237 g/mol. The second kappa shape index (κ2) is 6.44. The molecule has 1 aliphatic heterocycles. The average molecular weight is 237 g/mol. The third kappa shape index (κ3) is 3.25. The zero-order chi connectivity index (χ0) is 12.1. The summed E-state index contributed by atoms with van der Waals surface area (Å²) < 4.78 is 5.90. The average Bonchev–Trinajstić information content (AvgIpc) is 2.78. The number of nitrogens with one attached hydrogen (secondary N) is 1. The van der Waals surface area contributed by atoms with E-state index in [1.165, 1.54) is 44.3 Å². The maximum atomic E-state index is 5.90. The van der Waals surface area contributed by atoms with Crippen molar-refractivity contribution in [2.45, 2.75) is 58.4 Å². The quantitative estimate of drug-likeness (QED) is 0.790. The van der Waals surface area contributed by atoms with Gasteiger partial charge >= 0.3 is 0 Å². The largest absolute Gasteiger partial charge is 0.497 e. The van der Waals surface area contributed by atoms with Crippen LogP contribution in [0.4, 0.5) is 0 Å². The predicted molar refractivity (Wildman–Crippen MR) is 71.9 cm³/mol. The maximum absolute atomic E-state index is 5.90. The van der Waals surface area contributed by atoms with E-state index < -0.39 is 0 Å². The van der Waals surface area contributed by atoms with Crippen LogP contribution in [0.5, 0.6) is 0 Å². The Bertz CT molecular complexity index is 262. The molecule has 1 heterocycles. The first kappa shape index (κ1) is 12.9. The normalized spacial score (nSPS) is 30.8. The van der Waals surface area contributed by atoms with Gasteiger partial charge in [0.1, 0.15) is 5.76 Å². The molecule has 0 aromatic heterocycles. The molecule has 98 valence electrons. The highest BCUT2D eigenvalue weighted by Gasteiger charge is 2.33. The van der Waals surface area contributed by atoms with Crippen LogP contribution in [-0.4, -0.2) is 19.2 Å². The minimum absolute atomic E-state index is 0.479. The SMILES string of the molecule is CCCNC(C1=CCCCO1)C1CCCC1C. The van der Waals surface area contributed by atoms with E-state index in [1.54, 1.807) is 0 Å².